The molecule has 6 aliphatic heterocycles. The van der Waals surface area contributed by atoms with Crippen LogP contribution in [0.1, 0.15) is 93.6 Å². The Balaban J connectivity index is 0.712. The molecular weight excluding hydrogens is 1010 g/mol. The van der Waals surface area contributed by atoms with Crippen LogP contribution in [0.4, 0.5) is 20.7 Å². The molecular formula is C60H69FN10O8. The minimum Gasteiger partial charge on any atom is -0.468 e. The second-order valence-electron chi connectivity index (χ2n) is 23.8. The molecule has 12 rings (SSSR count). The Morgan fingerprint density at radius 3 is 2.37 bits per heavy atom. The van der Waals surface area contributed by atoms with E-state index in [4.69, 9.17) is 40.3 Å². The van der Waals surface area contributed by atoms with Gasteiger partial charge in [-0.3, -0.25) is 34.5 Å². The van der Waals surface area contributed by atoms with E-state index in [1.165, 1.54) is 7.11 Å². The smallest absolute Gasteiger partial charge is 0.410 e. The number of rotatable bonds is 14. The summed E-state index contributed by atoms with van der Waals surface area (Å²) in [5.41, 5.74) is 3.15. The number of imide groups is 1. The largest absolute Gasteiger partial charge is 0.468 e. The third-order valence-electron chi connectivity index (χ3n) is 17.2. The number of aromatic nitrogens is 3. The van der Waals surface area contributed by atoms with Crippen LogP contribution in [-0.2, 0) is 25.6 Å². The lowest BCUT2D eigenvalue weighted by Gasteiger charge is -2.42. The number of hydrogen-bond acceptors (Lipinski definition) is 15. The van der Waals surface area contributed by atoms with Crippen LogP contribution in [0, 0.1) is 29.5 Å². The van der Waals surface area contributed by atoms with Crippen molar-refractivity contribution in [3.8, 4) is 35.4 Å². The molecule has 2 bridgehead atoms. The Morgan fingerprint density at radius 1 is 0.886 bits per heavy atom. The van der Waals surface area contributed by atoms with Gasteiger partial charge < -0.3 is 38.5 Å². The van der Waals surface area contributed by atoms with Crippen molar-refractivity contribution in [2.24, 2.45) is 11.3 Å². The molecule has 79 heavy (non-hydrogen) atoms. The molecule has 4 amide bonds. The van der Waals surface area contributed by atoms with Crippen molar-refractivity contribution in [3.63, 3.8) is 0 Å². The number of amides is 4. The highest BCUT2D eigenvalue weighted by Gasteiger charge is 2.47. The summed E-state index contributed by atoms with van der Waals surface area (Å²) in [5.74, 6) is 2.89. The molecule has 5 aromatic rings. The number of nitrogens with one attached hydrogen (secondary N) is 1. The number of likely N-dealkylation sites (tertiary alicyclic amines) is 1. The number of nitrogens with zero attached hydrogens (tertiary/aromatic N) is 9. The SMILES string of the molecule is C#Cc1cccc2cc(OCOC)cc(-c3ncc4c(N5CC6CCC(C5)N6C(=O)OC(C)(C)C)nc(OCC5(CN6CCC(CN7CCN(c8ccc9c(c8)CN([C@H]8CCC(=O)NC8=O)C9=O)CC7)CC6)CC5)nc4c3F)c12. The number of piperidine rings is 2. The maximum atomic E-state index is 17.7. The van der Waals surface area contributed by atoms with Crippen molar-refractivity contribution in [1.29, 1.82) is 0 Å². The Kier molecular flexibility index (Phi) is 14.1. The van der Waals surface area contributed by atoms with Gasteiger partial charge in [-0.25, -0.2) is 9.18 Å². The molecule has 19 heteroatoms. The van der Waals surface area contributed by atoms with Crippen molar-refractivity contribution < 1.29 is 42.5 Å². The first-order valence-corrected chi connectivity index (χ1v) is 28.0. The average molecular weight is 1080 g/mol. The second-order valence-corrected chi connectivity index (χ2v) is 23.8. The Labute approximate surface area is 459 Å². The topological polar surface area (TPSA) is 175 Å². The van der Waals surface area contributed by atoms with Gasteiger partial charge in [0.05, 0.1) is 24.1 Å². The number of hydrogen-bond donors (Lipinski definition) is 1. The molecule has 3 atom stereocenters. The van der Waals surface area contributed by atoms with Crippen LogP contribution in [0.5, 0.6) is 11.8 Å². The molecule has 18 nitrogen and oxygen atoms in total. The third-order valence-corrected chi connectivity index (χ3v) is 17.2. The highest BCUT2D eigenvalue weighted by atomic mass is 19.1. The molecule has 2 aromatic heterocycles. The van der Waals surface area contributed by atoms with Gasteiger partial charge in [-0.15, -0.1) is 6.42 Å². The van der Waals surface area contributed by atoms with E-state index >= 15 is 4.39 Å². The molecule has 1 saturated carbocycles. The number of piperazine rings is 2. The van der Waals surface area contributed by atoms with Gasteiger partial charge in [0.15, 0.2) is 12.6 Å². The normalized spacial score (nSPS) is 22.6. The minimum absolute atomic E-state index is 0.00319. The van der Waals surface area contributed by atoms with Gasteiger partial charge in [0.1, 0.15) is 34.4 Å². The second kappa shape index (κ2) is 21.2. The van der Waals surface area contributed by atoms with E-state index in [-0.39, 0.29) is 65.8 Å². The maximum Gasteiger partial charge on any atom is 0.410 e. The zero-order valence-corrected chi connectivity index (χ0v) is 45.6. The van der Waals surface area contributed by atoms with Crippen molar-refractivity contribution in [3.05, 3.63) is 77.2 Å². The van der Waals surface area contributed by atoms with Gasteiger partial charge >= 0.3 is 12.1 Å². The number of terminal acetylenes is 1. The molecule has 3 aromatic carbocycles. The number of fused-ring (bicyclic) bond motifs is 5. The van der Waals surface area contributed by atoms with Crippen molar-refractivity contribution in [1.82, 2.24) is 39.9 Å². The summed E-state index contributed by atoms with van der Waals surface area (Å²) < 4.78 is 41.2. The van der Waals surface area contributed by atoms with Crippen LogP contribution in [0.3, 0.4) is 0 Å². The third kappa shape index (κ3) is 10.6. The van der Waals surface area contributed by atoms with Crippen LogP contribution >= 0.6 is 0 Å². The summed E-state index contributed by atoms with van der Waals surface area (Å²) in [6.07, 6.45) is 13.8. The summed E-state index contributed by atoms with van der Waals surface area (Å²) in [5, 5.41) is 4.25. The lowest BCUT2D eigenvalue weighted by Crippen LogP contribution is -2.57. The summed E-state index contributed by atoms with van der Waals surface area (Å²) in [6.45, 7) is 15.1. The van der Waals surface area contributed by atoms with Gasteiger partial charge in [0.25, 0.3) is 5.91 Å². The molecule has 8 heterocycles. The van der Waals surface area contributed by atoms with E-state index in [2.05, 4.69) is 36.9 Å². The minimum atomic E-state index is -0.635. The molecule has 1 N–H and O–H groups in total. The summed E-state index contributed by atoms with van der Waals surface area (Å²) in [7, 11) is 1.54. The fourth-order valence-electron chi connectivity index (χ4n) is 13.0. The molecule has 5 saturated heterocycles. The average Bonchev–Trinajstić information content (AvgIpc) is 4.22. The van der Waals surface area contributed by atoms with E-state index in [0.29, 0.717) is 77.6 Å². The molecule has 1 aliphatic carbocycles. The van der Waals surface area contributed by atoms with Crippen LogP contribution in [0.15, 0.2) is 54.7 Å². The number of ether oxygens (including phenoxy) is 4. The molecule has 6 fully saturated rings. The van der Waals surface area contributed by atoms with E-state index in [1.54, 1.807) is 17.2 Å². The van der Waals surface area contributed by atoms with Crippen molar-refractivity contribution in [2.75, 3.05) is 95.8 Å². The molecule has 0 radical (unpaired) electrons. The monoisotopic (exact) mass is 1080 g/mol. The summed E-state index contributed by atoms with van der Waals surface area (Å²) in [6, 6.07) is 14.4. The standard InChI is InChI=1S/C60H69FN10O8/c1-6-38-8-7-9-39-27-44(78-36-76-5)28-46(50(38)39)52-51(61)53-47(29-62-52)54(69-32-42-10-11-43(33-69)71(42)58(75)79-59(2,3)4)65-57(64-53)77-35-60(18-19-60)34-67-20-16-37(17-21-67)30-66-22-24-68(25-23-66)41-12-13-45-40(26-41)31-70(56(45)74)48-14-15-49(72)63-55(48)73/h1,7-9,12-13,26-29,37,42-43,48H,10-11,14-25,30-36H2,2-5H3,(H,63,72,73)/t42?,43?,48-/m0/s1. The van der Waals surface area contributed by atoms with Crippen molar-refractivity contribution in [2.45, 2.75) is 102 Å². The number of carbonyl (C=O) groups excluding carboxylic acids is 4. The molecule has 0 spiro atoms. The summed E-state index contributed by atoms with van der Waals surface area (Å²) >= 11 is 0. The van der Waals surface area contributed by atoms with Gasteiger partial charge in [-0.1, -0.05) is 18.1 Å². The Hall–Kier alpha value is -7.14. The predicted molar refractivity (Wildman–Crippen MR) is 295 cm³/mol. The van der Waals surface area contributed by atoms with Crippen molar-refractivity contribution >= 4 is 57.0 Å². The van der Waals surface area contributed by atoms with E-state index in [9.17, 15) is 19.2 Å². The van der Waals surface area contributed by atoms with Crippen LogP contribution in [0.2, 0.25) is 0 Å². The van der Waals surface area contributed by atoms with Gasteiger partial charge in [0, 0.05) is 112 Å². The summed E-state index contributed by atoms with van der Waals surface area (Å²) in [4.78, 5) is 79.0. The first-order chi connectivity index (χ1) is 38.1. The zero-order valence-electron chi connectivity index (χ0n) is 45.6. The maximum absolute atomic E-state index is 17.7. The van der Waals surface area contributed by atoms with Crippen LogP contribution in [0.25, 0.3) is 32.9 Å². The van der Waals surface area contributed by atoms with Gasteiger partial charge in [0.2, 0.25) is 11.8 Å². The first-order valence-electron chi connectivity index (χ1n) is 28.0. The number of halogens is 1. The van der Waals surface area contributed by atoms with E-state index < -0.39 is 23.4 Å². The molecule has 2 unspecified atom stereocenters. The fraction of sp³-hybridized carbons (Fsp3) is 0.517. The number of benzene rings is 3. The van der Waals surface area contributed by atoms with E-state index in [0.717, 1.165) is 108 Å². The highest BCUT2D eigenvalue weighted by Crippen LogP contribution is 2.48. The number of pyridine rings is 1. The van der Waals surface area contributed by atoms with Crippen LogP contribution < -0.4 is 24.6 Å². The van der Waals surface area contributed by atoms with Gasteiger partial charge in [-0.05, 0) is 132 Å². The number of carbonyl (C=O) groups is 4. The lowest BCUT2D eigenvalue weighted by atomic mass is 9.94. The number of methoxy groups -OCH3 is 1. The highest BCUT2D eigenvalue weighted by molar-refractivity contribution is 6.06. The fourth-order valence-corrected chi connectivity index (χ4v) is 13.0. The number of anilines is 2. The molecule has 7 aliphatic rings. The Bertz CT molecular complexity index is 3250. The quantitative estimate of drug-likeness (QED) is 0.0684. The predicted octanol–water partition coefficient (Wildman–Crippen LogP) is 6.99. The lowest BCUT2D eigenvalue weighted by molar-refractivity contribution is -0.136. The Morgan fingerprint density at radius 2 is 1.66 bits per heavy atom. The van der Waals surface area contributed by atoms with Crippen LogP contribution in [-0.4, -0.2) is 168 Å². The van der Waals surface area contributed by atoms with Gasteiger partial charge in [-0.2, -0.15) is 9.97 Å². The molecule has 414 valence electrons. The first kappa shape index (κ1) is 52.6. The van der Waals surface area contributed by atoms with E-state index in [1.807, 2.05) is 62.1 Å². The zero-order chi connectivity index (χ0) is 54.7.